The first-order chi connectivity index (χ1) is 12.8. The van der Waals surface area contributed by atoms with E-state index in [0.717, 1.165) is 0 Å². The molecule has 1 aromatic carbocycles. The zero-order valence-electron chi connectivity index (χ0n) is 14.4. The van der Waals surface area contributed by atoms with Gasteiger partial charge in [-0.2, -0.15) is 0 Å². The molecule has 1 aliphatic rings. The van der Waals surface area contributed by atoms with Crippen LogP contribution in [0.5, 0.6) is 0 Å². The van der Waals surface area contributed by atoms with Crippen molar-refractivity contribution in [3.63, 3.8) is 0 Å². The number of benzene rings is 1. The maximum atomic E-state index is 12.6. The third-order valence-electron chi connectivity index (χ3n) is 4.37. The zero-order chi connectivity index (χ0) is 19.6. The number of ether oxygens (including phenoxy) is 1. The lowest BCUT2D eigenvalue weighted by Gasteiger charge is -2.26. The van der Waals surface area contributed by atoms with E-state index in [4.69, 9.17) is 9.84 Å². The molecule has 0 spiro atoms. The molecule has 1 fully saturated rings. The molecule has 2 aromatic rings. The van der Waals surface area contributed by atoms with E-state index in [-0.39, 0.29) is 24.4 Å². The summed E-state index contributed by atoms with van der Waals surface area (Å²) in [6.07, 6.45) is 0.111. The van der Waals surface area contributed by atoms with Crippen LogP contribution in [0.25, 0.3) is 5.69 Å². The van der Waals surface area contributed by atoms with Gasteiger partial charge in [0.15, 0.2) is 5.69 Å². The Hall–Kier alpha value is -3.34. The lowest BCUT2D eigenvalue weighted by atomic mass is 9.94. The van der Waals surface area contributed by atoms with Gasteiger partial charge in [-0.25, -0.2) is 4.68 Å². The van der Waals surface area contributed by atoms with E-state index in [2.05, 4.69) is 15.6 Å². The molecule has 0 radical (unpaired) electrons. The third-order valence-corrected chi connectivity index (χ3v) is 4.37. The normalized spacial score (nSPS) is 19.0. The van der Waals surface area contributed by atoms with Gasteiger partial charge >= 0.3 is 5.97 Å². The lowest BCUT2D eigenvalue weighted by molar-refractivity contribution is -0.384. The van der Waals surface area contributed by atoms with Crippen molar-refractivity contribution in [2.24, 2.45) is 0 Å². The third kappa shape index (κ3) is 3.77. The Balaban J connectivity index is 1.86. The number of non-ortho nitro benzene ring substituents is 1. The molecular formula is C16H17N5O6. The highest BCUT2D eigenvalue weighted by atomic mass is 16.6. The van der Waals surface area contributed by atoms with Crippen molar-refractivity contribution >= 4 is 17.6 Å². The zero-order valence-corrected chi connectivity index (χ0v) is 14.4. The number of nitro benzene ring substituents is 1. The quantitative estimate of drug-likeness (QED) is 0.557. The van der Waals surface area contributed by atoms with Crippen molar-refractivity contribution in [2.45, 2.75) is 25.3 Å². The number of aromatic nitrogens is 3. The van der Waals surface area contributed by atoms with Crippen LogP contribution in [-0.2, 0) is 9.53 Å². The predicted molar refractivity (Wildman–Crippen MR) is 90.6 cm³/mol. The summed E-state index contributed by atoms with van der Waals surface area (Å²) >= 11 is 0. The van der Waals surface area contributed by atoms with Crippen molar-refractivity contribution in [3.05, 3.63) is 45.8 Å². The van der Waals surface area contributed by atoms with Gasteiger partial charge in [0.2, 0.25) is 0 Å². The molecule has 11 heteroatoms. The Bertz CT molecular complexity index is 902. The molecule has 11 nitrogen and oxygen atoms in total. The Morgan fingerprint density at radius 2 is 2.26 bits per heavy atom. The Labute approximate surface area is 153 Å². The largest absolute Gasteiger partial charge is 0.481 e. The van der Waals surface area contributed by atoms with Gasteiger partial charge in [-0.15, -0.1) is 5.10 Å². The van der Waals surface area contributed by atoms with Crippen LogP contribution in [0.15, 0.2) is 24.3 Å². The standard InChI is InChI=1S/C16H17N5O6/c1-10-14(15(24)17-16(8-13(22)23)5-6-27-9-16)18-19-20(10)11-3-2-4-12(7-11)21(25)26/h2-4,7H,5-6,8-9H2,1H3,(H,17,24)(H,22,23). The minimum absolute atomic E-state index is 0.0122. The van der Waals surface area contributed by atoms with Crippen LogP contribution in [0.2, 0.25) is 0 Å². The highest BCUT2D eigenvalue weighted by Crippen LogP contribution is 2.24. The number of aliphatic carboxylic acids is 1. The number of nitrogens with zero attached hydrogens (tertiary/aromatic N) is 4. The topological polar surface area (TPSA) is 149 Å². The second kappa shape index (κ2) is 7.11. The molecule has 3 rings (SSSR count). The van der Waals surface area contributed by atoms with Gasteiger partial charge in [0.25, 0.3) is 11.6 Å². The number of hydrogen-bond donors (Lipinski definition) is 2. The summed E-state index contributed by atoms with van der Waals surface area (Å²) < 4.78 is 6.57. The molecule has 1 aromatic heterocycles. The van der Waals surface area contributed by atoms with Crippen LogP contribution in [0.1, 0.15) is 29.0 Å². The molecule has 0 bridgehead atoms. The smallest absolute Gasteiger partial charge is 0.305 e. The van der Waals surface area contributed by atoms with E-state index in [1.807, 2.05) is 0 Å². The van der Waals surface area contributed by atoms with Crippen molar-refractivity contribution in [1.29, 1.82) is 0 Å². The number of carboxylic acid groups (broad SMARTS) is 1. The van der Waals surface area contributed by atoms with Crippen LogP contribution >= 0.6 is 0 Å². The first kappa shape index (κ1) is 18.5. The van der Waals surface area contributed by atoms with E-state index in [1.165, 1.54) is 22.9 Å². The maximum absolute atomic E-state index is 12.6. The van der Waals surface area contributed by atoms with Gasteiger partial charge < -0.3 is 15.2 Å². The van der Waals surface area contributed by atoms with Gasteiger partial charge in [-0.1, -0.05) is 11.3 Å². The van der Waals surface area contributed by atoms with Crippen LogP contribution in [0, 0.1) is 17.0 Å². The van der Waals surface area contributed by atoms with Crippen molar-refractivity contribution in [1.82, 2.24) is 20.3 Å². The summed E-state index contributed by atoms with van der Waals surface area (Å²) in [4.78, 5) is 34.2. The molecule has 142 valence electrons. The molecule has 2 heterocycles. The maximum Gasteiger partial charge on any atom is 0.305 e. The average Bonchev–Trinajstić information content (AvgIpc) is 3.21. The van der Waals surface area contributed by atoms with Crippen molar-refractivity contribution in [3.8, 4) is 5.69 Å². The second-order valence-corrected chi connectivity index (χ2v) is 6.32. The molecule has 1 amide bonds. The van der Waals surface area contributed by atoms with Crippen LogP contribution in [0.4, 0.5) is 5.69 Å². The molecule has 1 atom stereocenters. The van der Waals surface area contributed by atoms with Gasteiger partial charge in [0.05, 0.1) is 34.9 Å². The number of carbonyl (C=O) groups excluding carboxylic acids is 1. The number of carboxylic acids is 1. The fraction of sp³-hybridized carbons (Fsp3) is 0.375. The number of hydrogen-bond acceptors (Lipinski definition) is 7. The SMILES string of the molecule is Cc1c(C(=O)NC2(CC(=O)O)CCOC2)nnn1-c1cccc([N+](=O)[O-])c1. The summed E-state index contributed by atoms with van der Waals surface area (Å²) in [7, 11) is 0. The van der Waals surface area contributed by atoms with E-state index < -0.39 is 22.3 Å². The molecule has 2 N–H and O–H groups in total. The van der Waals surface area contributed by atoms with E-state index >= 15 is 0 Å². The van der Waals surface area contributed by atoms with Crippen LogP contribution in [0.3, 0.4) is 0 Å². The van der Waals surface area contributed by atoms with Crippen molar-refractivity contribution < 1.29 is 24.4 Å². The number of carbonyl (C=O) groups is 2. The monoisotopic (exact) mass is 375 g/mol. The van der Waals surface area contributed by atoms with E-state index in [9.17, 15) is 19.7 Å². The van der Waals surface area contributed by atoms with Gasteiger partial charge in [-0.3, -0.25) is 19.7 Å². The molecular weight excluding hydrogens is 358 g/mol. The number of rotatable bonds is 6. The van der Waals surface area contributed by atoms with Gasteiger partial charge in [-0.05, 0) is 19.4 Å². The first-order valence-electron chi connectivity index (χ1n) is 8.10. The van der Waals surface area contributed by atoms with Gasteiger partial charge in [0.1, 0.15) is 0 Å². The number of nitro groups is 1. The van der Waals surface area contributed by atoms with Crippen LogP contribution < -0.4 is 5.32 Å². The summed E-state index contributed by atoms with van der Waals surface area (Å²) in [5.74, 6) is -1.62. The summed E-state index contributed by atoms with van der Waals surface area (Å²) in [6.45, 7) is 2.05. The first-order valence-corrected chi connectivity index (χ1v) is 8.10. The Morgan fingerprint density at radius 3 is 2.89 bits per heavy atom. The Morgan fingerprint density at radius 1 is 1.48 bits per heavy atom. The number of amides is 1. The summed E-state index contributed by atoms with van der Waals surface area (Å²) in [5, 5.41) is 30.5. The molecule has 1 saturated heterocycles. The highest BCUT2D eigenvalue weighted by Gasteiger charge is 2.39. The minimum Gasteiger partial charge on any atom is -0.481 e. The Kier molecular flexibility index (Phi) is 4.86. The predicted octanol–water partition coefficient (Wildman–Crippen LogP) is 0.848. The van der Waals surface area contributed by atoms with E-state index in [1.54, 1.807) is 13.0 Å². The second-order valence-electron chi connectivity index (χ2n) is 6.32. The average molecular weight is 375 g/mol. The number of nitrogens with one attached hydrogen (secondary N) is 1. The van der Waals surface area contributed by atoms with Gasteiger partial charge in [0, 0.05) is 18.7 Å². The molecule has 1 aliphatic heterocycles. The minimum atomic E-state index is -1.04. The molecule has 1 unspecified atom stereocenters. The van der Waals surface area contributed by atoms with E-state index in [0.29, 0.717) is 24.4 Å². The fourth-order valence-corrected chi connectivity index (χ4v) is 3.00. The molecule has 27 heavy (non-hydrogen) atoms. The van der Waals surface area contributed by atoms with Crippen LogP contribution in [-0.4, -0.2) is 55.7 Å². The molecule has 0 saturated carbocycles. The van der Waals surface area contributed by atoms with Crippen molar-refractivity contribution in [2.75, 3.05) is 13.2 Å². The lowest BCUT2D eigenvalue weighted by Crippen LogP contribution is -2.50. The molecule has 0 aliphatic carbocycles. The fourth-order valence-electron chi connectivity index (χ4n) is 3.00. The summed E-state index contributed by atoms with van der Waals surface area (Å²) in [5.41, 5.74) is -0.338. The highest BCUT2D eigenvalue weighted by molar-refractivity contribution is 5.94. The summed E-state index contributed by atoms with van der Waals surface area (Å²) in [6, 6.07) is 5.78.